The van der Waals surface area contributed by atoms with Crippen LogP contribution in [0.4, 0.5) is 5.69 Å². The number of nitrogens with one attached hydrogen (secondary N) is 2. The van der Waals surface area contributed by atoms with E-state index in [2.05, 4.69) is 15.4 Å². The molecule has 152 valence electrons. The van der Waals surface area contributed by atoms with Crippen LogP contribution in [0, 0.1) is 0 Å². The Morgan fingerprint density at radius 1 is 0.964 bits per heavy atom. The highest BCUT2D eigenvalue weighted by Crippen LogP contribution is 2.17. The molecule has 28 heavy (non-hydrogen) atoms. The van der Waals surface area contributed by atoms with Crippen LogP contribution >= 0.6 is 0 Å². The van der Waals surface area contributed by atoms with Gasteiger partial charge in [-0.1, -0.05) is 19.3 Å². The molecule has 0 aliphatic heterocycles. The zero-order valence-electron chi connectivity index (χ0n) is 16.0. The van der Waals surface area contributed by atoms with Crippen LogP contribution in [0.1, 0.15) is 55.3 Å². The van der Waals surface area contributed by atoms with E-state index in [1.54, 1.807) is 12.1 Å². The van der Waals surface area contributed by atoms with Gasteiger partial charge in [0.05, 0.1) is 19.1 Å². The van der Waals surface area contributed by atoms with E-state index in [9.17, 15) is 19.2 Å². The smallest absolute Gasteiger partial charge is 0.337 e. The number of carbonyl (C=O) groups excluding carboxylic acids is 4. The van der Waals surface area contributed by atoms with Crippen LogP contribution in [0.2, 0.25) is 0 Å². The average molecular weight is 390 g/mol. The first-order valence-electron chi connectivity index (χ1n) is 9.41. The van der Waals surface area contributed by atoms with Crippen molar-refractivity contribution < 1.29 is 28.7 Å². The molecule has 0 radical (unpaired) electrons. The van der Waals surface area contributed by atoms with Gasteiger partial charge in [-0.3, -0.25) is 14.4 Å². The van der Waals surface area contributed by atoms with Gasteiger partial charge in [0, 0.05) is 18.2 Å². The molecule has 1 fully saturated rings. The molecule has 1 saturated carbocycles. The van der Waals surface area contributed by atoms with E-state index in [4.69, 9.17) is 4.74 Å². The van der Waals surface area contributed by atoms with Gasteiger partial charge < -0.3 is 20.1 Å². The Bertz CT molecular complexity index is 695. The minimum atomic E-state index is -0.602. The van der Waals surface area contributed by atoms with Crippen LogP contribution in [0.15, 0.2) is 24.3 Å². The maximum Gasteiger partial charge on any atom is 0.337 e. The second-order valence-electron chi connectivity index (χ2n) is 6.68. The van der Waals surface area contributed by atoms with Gasteiger partial charge in [-0.05, 0) is 37.1 Å². The normalized spacial score (nSPS) is 14.0. The molecule has 2 N–H and O–H groups in total. The number of ether oxygens (including phenoxy) is 2. The van der Waals surface area contributed by atoms with Crippen molar-refractivity contribution in [2.45, 2.75) is 51.0 Å². The van der Waals surface area contributed by atoms with Gasteiger partial charge >= 0.3 is 11.9 Å². The van der Waals surface area contributed by atoms with Crippen LogP contribution in [0.25, 0.3) is 0 Å². The molecule has 0 bridgehead atoms. The Labute approximate surface area is 164 Å². The molecule has 8 heteroatoms. The van der Waals surface area contributed by atoms with Crippen molar-refractivity contribution in [1.29, 1.82) is 0 Å². The first-order chi connectivity index (χ1) is 13.5. The van der Waals surface area contributed by atoms with Crippen LogP contribution in [-0.4, -0.2) is 43.5 Å². The third kappa shape index (κ3) is 7.38. The molecule has 8 nitrogen and oxygen atoms in total. The molecular formula is C20H26N2O6. The molecule has 2 amide bonds. The summed E-state index contributed by atoms with van der Waals surface area (Å²) in [7, 11) is 1.28. The predicted octanol–water partition coefficient (Wildman–Crippen LogP) is 2.18. The first-order valence-corrected chi connectivity index (χ1v) is 9.41. The second-order valence-corrected chi connectivity index (χ2v) is 6.68. The third-order valence-corrected chi connectivity index (χ3v) is 4.48. The second kappa shape index (κ2) is 11.1. The number of carbonyl (C=O) groups is 4. The van der Waals surface area contributed by atoms with Crippen molar-refractivity contribution in [1.82, 2.24) is 5.32 Å². The zero-order chi connectivity index (χ0) is 20.4. The topological polar surface area (TPSA) is 111 Å². The molecule has 0 saturated heterocycles. The summed E-state index contributed by atoms with van der Waals surface area (Å²) >= 11 is 0. The van der Waals surface area contributed by atoms with Crippen molar-refractivity contribution >= 4 is 29.4 Å². The number of anilines is 1. The molecule has 2 rings (SSSR count). The molecule has 0 atom stereocenters. The molecule has 0 heterocycles. The summed E-state index contributed by atoms with van der Waals surface area (Å²) in [5, 5.41) is 5.48. The molecule has 1 aliphatic carbocycles. The van der Waals surface area contributed by atoms with Gasteiger partial charge in [0.15, 0.2) is 6.61 Å². The highest BCUT2D eigenvalue weighted by molar-refractivity contribution is 5.94. The Balaban J connectivity index is 1.64. The van der Waals surface area contributed by atoms with Gasteiger partial charge in [-0.15, -0.1) is 0 Å². The van der Waals surface area contributed by atoms with Crippen molar-refractivity contribution in [3.63, 3.8) is 0 Å². The van der Waals surface area contributed by atoms with Crippen molar-refractivity contribution in [3.8, 4) is 0 Å². The number of benzene rings is 1. The van der Waals surface area contributed by atoms with Gasteiger partial charge in [-0.2, -0.15) is 0 Å². The van der Waals surface area contributed by atoms with Crippen molar-refractivity contribution in [2.24, 2.45) is 0 Å². The Morgan fingerprint density at radius 3 is 2.29 bits per heavy atom. The molecule has 1 aromatic rings. The summed E-state index contributed by atoms with van der Waals surface area (Å²) in [5.41, 5.74) is 0.819. The highest BCUT2D eigenvalue weighted by Gasteiger charge is 2.17. The maximum atomic E-state index is 11.9. The summed E-state index contributed by atoms with van der Waals surface area (Å²) in [5.74, 6) is -1.75. The quantitative estimate of drug-likeness (QED) is 0.658. The lowest BCUT2D eigenvalue weighted by Gasteiger charge is -2.22. The number of hydrogen-bond donors (Lipinski definition) is 2. The van der Waals surface area contributed by atoms with Crippen LogP contribution in [0.3, 0.4) is 0 Å². The molecule has 1 aliphatic rings. The van der Waals surface area contributed by atoms with Gasteiger partial charge in [-0.25, -0.2) is 4.79 Å². The number of rotatable bonds is 8. The highest BCUT2D eigenvalue weighted by atomic mass is 16.5. The molecule has 1 aromatic carbocycles. The fourth-order valence-corrected chi connectivity index (χ4v) is 2.99. The van der Waals surface area contributed by atoms with E-state index in [0.717, 1.165) is 25.7 Å². The minimum absolute atomic E-state index is 0.0476. The van der Waals surface area contributed by atoms with Crippen LogP contribution in [-0.2, 0) is 23.9 Å². The molecular weight excluding hydrogens is 364 g/mol. The Morgan fingerprint density at radius 2 is 1.64 bits per heavy atom. The fraction of sp³-hybridized carbons (Fsp3) is 0.500. The van der Waals surface area contributed by atoms with E-state index in [1.165, 1.54) is 25.7 Å². The number of hydrogen-bond acceptors (Lipinski definition) is 6. The van der Waals surface area contributed by atoms with E-state index >= 15 is 0 Å². The Kier molecular flexibility index (Phi) is 8.45. The van der Waals surface area contributed by atoms with E-state index < -0.39 is 24.5 Å². The predicted molar refractivity (Wildman–Crippen MR) is 102 cm³/mol. The first kappa shape index (κ1) is 21.4. The minimum Gasteiger partial charge on any atom is -0.465 e. The van der Waals surface area contributed by atoms with E-state index in [0.29, 0.717) is 11.3 Å². The SMILES string of the molecule is COC(=O)c1ccc(NC(=O)COC(=O)CCC(=O)NC2CCCCC2)cc1. The summed E-state index contributed by atoms with van der Waals surface area (Å²) in [6.07, 6.45) is 5.39. The van der Waals surface area contributed by atoms with Crippen LogP contribution < -0.4 is 10.6 Å². The zero-order valence-corrected chi connectivity index (χ0v) is 16.0. The number of methoxy groups -OCH3 is 1. The van der Waals surface area contributed by atoms with Gasteiger partial charge in [0.1, 0.15) is 0 Å². The Hall–Kier alpha value is -2.90. The van der Waals surface area contributed by atoms with E-state index in [1.807, 2.05) is 0 Å². The van der Waals surface area contributed by atoms with Crippen molar-refractivity contribution in [2.75, 3.05) is 19.0 Å². The number of amides is 2. The van der Waals surface area contributed by atoms with Crippen molar-refractivity contribution in [3.05, 3.63) is 29.8 Å². The maximum absolute atomic E-state index is 11.9. The van der Waals surface area contributed by atoms with Gasteiger partial charge in [0.25, 0.3) is 5.91 Å². The molecule has 0 unspecified atom stereocenters. The average Bonchev–Trinajstić information content (AvgIpc) is 2.71. The summed E-state index contributed by atoms with van der Waals surface area (Å²) in [6, 6.07) is 6.31. The summed E-state index contributed by atoms with van der Waals surface area (Å²) in [4.78, 5) is 46.8. The van der Waals surface area contributed by atoms with Gasteiger partial charge in [0.2, 0.25) is 5.91 Å². The standard InChI is InChI=1S/C20H26N2O6/c1-27-20(26)14-7-9-16(10-8-14)22-18(24)13-28-19(25)12-11-17(23)21-15-5-3-2-4-6-15/h7-10,15H,2-6,11-13H2,1H3,(H,21,23)(H,22,24). The third-order valence-electron chi connectivity index (χ3n) is 4.48. The fourth-order valence-electron chi connectivity index (χ4n) is 2.99. The largest absolute Gasteiger partial charge is 0.465 e. The van der Waals surface area contributed by atoms with Crippen LogP contribution in [0.5, 0.6) is 0 Å². The summed E-state index contributed by atoms with van der Waals surface area (Å²) < 4.78 is 9.48. The lowest BCUT2D eigenvalue weighted by Crippen LogP contribution is -2.36. The number of esters is 2. The molecule has 0 spiro atoms. The van der Waals surface area contributed by atoms with E-state index in [-0.39, 0.29) is 24.8 Å². The summed E-state index contributed by atoms with van der Waals surface area (Å²) in [6.45, 7) is -0.443. The monoisotopic (exact) mass is 390 g/mol. The lowest BCUT2D eigenvalue weighted by atomic mass is 9.95. The lowest BCUT2D eigenvalue weighted by molar-refractivity contribution is -0.148. The molecule has 0 aromatic heterocycles.